The topological polar surface area (TPSA) is 69.6 Å². The Labute approximate surface area is 109 Å². The molecule has 2 fully saturated rings. The highest BCUT2D eigenvalue weighted by molar-refractivity contribution is 5.76. The Morgan fingerprint density at radius 1 is 1.22 bits per heavy atom. The van der Waals surface area contributed by atoms with E-state index in [4.69, 9.17) is 5.11 Å². The van der Waals surface area contributed by atoms with Crippen LogP contribution in [-0.2, 0) is 4.79 Å². The zero-order chi connectivity index (χ0) is 13.0. The van der Waals surface area contributed by atoms with Crippen LogP contribution in [0, 0.1) is 11.8 Å². The van der Waals surface area contributed by atoms with Gasteiger partial charge in [-0.25, -0.2) is 0 Å². The average Bonchev–Trinajstić information content (AvgIpc) is 2.96. The van der Waals surface area contributed by atoms with E-state index in [0.29, 0.717) is 19.3 Å². The highest BCUT2D eigenvalue weighted by Crippen LogP contribution is 2.29. The number of aliphatic hydroxyl groups excluding tert-OH is 2. The molecule has 2 saturated carbocycles. The van der Waals surface area contributed by atoms with Gasteiger partial charge in [0.05, 0.1) is 6.10 Å². The number of rotatable bonds is 5. The maximum atomic E-state index is 11.8. The molecule has 3 N–H and O–H groups in total. The molecule has 0 aliphatic heterocycles. The van der Waals surface area contributed by atoms with Gasteiger partial charge in [0.15, 0.2) is 0 Å². The Morgan fingerprint density at radius 2 is 1.94 bits per heavy atom. The zero-order valence-electron chi connectivity index (χ0n) is 11.0. The molecule has 0 saturated heterocycles. The molecule has 2 aliphatic rings. The van der Waals surface area contributed by atoms with E-state index in [9.17, 15) is 9.90 Å². The van der Waals surface area contributed by atoms with Crippen molar-refractivity contribution in [1.29, 1.82) is 0 Å². The summed E-state index contributed by atoms with van der Waals surface area (Å²) >= 11 is 0. The van der Waals surface area contributed by atoms with Crippen LogP contribution in [0.5, 0.6) is 0 Å². The average molecular weight is 255 g/mol. The van der Waals surface area contributed by atoms with Crippen LogP contribution in [0.25, 0.3) is 0 Å². The molecule has 18 heavy (non-hydrogen) atoms. The maximum Gasteiger partial charge on any atom is 0.220 e. The Hall–Kier alpha value is -0.610. The molecule has 4 nitrogen and oxygen atoms in total. The summed E-state index contributed by atoms with van der Waals surface area (Å²) in [6.07, 6.45) is 7.64. The molecule has 4 heteroatoms. The van der Waals surface area contributed by atoms with Crippen LogP contribution in [-0.4, -0.2) is 34.9 Å². The van der Waals surface area contributed by atoms with Crippen LogP contribution in [0.1, 0.15) is 51.4 Å². The third kappa shape index (κ3) is 3.69. The maximum absolute atomic E-state index is 11.8. The van der Waals surface area contributed by atoms with Gasteiger partial charge in [-0.05, 0) is 25.2 Å². The molecule has 2 aliphatic carbocycles. The van der Waals surface area contributed by atoms with Crippen molar-refractivity contribution in [3.05, 3.63) is 0 Å². The van der Waals surface area contributed by atoms with Gasteiger partial charge < -0.3 is 15.5 Å². The normalized spacial score (nSPS) is 32.9. The Bertz CT molecular complexity index is 276. The van der Waals surface area contributed by atoms with Crippen molar-refractivity contribution in [2.45, 2.75) is 63.5 Å². The van der Waals surface area contributed by atoms with Crippen molar-refractivity contribution >= 4 is 5.91 Å². The lowest BCUT2D eigenvalue weighted by Crippen LogP contribution is -2.33. The van der Waals surface area contributed by atoms with Gasteiger partial charge in [0, 0.05) is 25.0 Å². The molecule has 0 aromatic heterocycles. The van der Waals surface area contributed by atoms with Gasteiger partial charge in [0.2, 0.25) is 5.91 Å². The fourth-order valence-corrected chi connectivity index (χ4v) is 3.35. The van der Waals surface area contributed by atoms with Crippen LogP contribution in [0.2, 0.25) is 0 Å². The van der Waals surface area contributed by atoms with Gasteiger partial charge in [0.25, 0.3) is 0 Å². The molecule has 0 spiro atoms. The summed E-state index contributed by atoms with van der Waals surface area (Å²) in [6, 6.07) is 0.0493. The van der Waals surface area contributed by atoms with Crippen LogP contribution >= 0.6 is 0 Å². The lowest BCUT2D eigenvalue weighted by Gasteiger charge is -2.13. The SMILES string of the molecule is O=C(CCC1CCCC1)N[C@@H]1C[C@@H](CO)[C@H](O)C1. The van der Waals surface area contributed by atoms with E-state index >= 15 is 0 Å². The first-order valence-corrected chi connectivity index (χ1v) is 7.27. The quantitative estimate of drug-likeness (QED) is 0.691. The van der Waals surface area contributed by atoms with Crippen LogP contribution in [0.15, 0.2) is 0 Å². The minimum absolute atomic E-state index is 0.00953. The van der Waals surface area contributed by atoms with E-state index < -0.39 is 6.10 Å². The van der Waals surface area contributed by atoms with Gasteiger partial charge in [-0.1, -0.05) is 25.7 Å². The molecule has 3 atom stereocenters. The molecule has 0 radical (unpaired) electrons. The highest BCUT2D eigenvalue weighted by atomic mass is 16.3. The van der Waals surface area contributed by atoms with E-state index in [0.717, 1.165) is 12.3 Å². The second kappa shape index (κ2) is 6.53. The fraction of sp³-hybridized carbons (Fsp3) is 0.929. The monoisotopic (exact) mass is 255 g/mol. The fourth-order valence-electron chi connectivity index (χ4n) is 3.35. The lowest BCUT2D eigenvalue weighted by atomic mass is 10.0. The van der Waals surface area contributed by atoms with Crippen molar-refractivity contribution in [2.24, 2.45) is 11.8 Å². The van der Waals surface area contributed by atoms with Gasteiger partial charge in [0.1, 0.15) is 0 Å². The minimum atomic E-state index is -0.463. The van der Waals surface area contributed by atoms with Crippen molar-refractivity contribution in [2.75, 3.05) is 6.61 Å². The number of hydrogen-bond acceptors (Lipinski definition) is 3. The van der Waals surface area contributed by atoms with E-state index in [2.05, 4.69) is 5.32 Å². The summed E-state index contributed by atoms with van der Waals surface area (Å²) in [6.45, 7) is 0.00953. The molecule has 0 aromatic rings. The molecule has 1 amide bonds. The number of nitrogens with one attached hydrogen (secondary N) is 1. The van der Waals surface area contributed by atoms with E-state index in [1.54, 1.807) is 0 Å². The largest absolute Gasteiger partial charge is 0.396 e. The summed E-state index contributed by atoms with van der Waals surface area (Å²) < 4.78 is 0. The van der Waals surface area contributed by atoms with Crippen molar-refractivity contribution in [1.82, 2.24) is 5.32 Å². The minimum Gasteiger partial charge on any atom is -0.396 e. The van der Waals surface area contributed by atoms with Crippen LogP contribution < -0.4 is 5.32 Å². The van der Waals surface area contributed by atoms with Crippen molar-refractivity contribution in [3.8, 4) is 0 Å². The number of aliphatic hydroxyl groups is 2. The Kier molecular flexibility index (Phi) is 5.01. The Morgan fingerprint density at radius 3 is 2.56 bits per heavy atom. The van der Waals surface area contributed by atoms with Crippen LogP contribution in [0.4, 0.5) is 0 Å². The Balaban J connectivity index is 1.65. The molecule has 0 aromatic carbocycles. The summed E-state index contributed by atoms with van der Waals surface area (Å²) in [4.78, 5) is 11.8. The summed E-state index contributed by atoms with van der Waals surface area (Å²) in [5, 5.41) is 21.7. The second-order valence-electron chi connectivity index (χ2n) is 5.94. The van der Waals surface area contributed by atoms with E-state index in [1.807, 2.05) is 0 Å². The van der Waals surface area contributed by atoms with Crippen LogP contribution in [0.3, 0.4) is 0 Å². The van der Waals surface area contributed by atoms with Crippen molar-refractivity contribution < 1.29 is 15.0 Å². The van der Waals surface area contributed by atoms with Gasteiger partial charge in [-0.2, -0.15) is 0 Å². The summed E-state index contributed by atoms with van der Waals surface area (Å²) in [5.74, 6) is 0.790. The molecular weight excluding hydrogens is 230 g/mol. The summed E-state index contributed by atoms with van der Waals surface area (Å²) in [7, 11) is 0. The number of carbonyl (C=O) groups excluding carboxylic acids is 1. The first kappa shape index (κ1) is 13.8. The molecule has 0 heterocycles. The molecular formula is C14H25NO3. The van der Waals surface area contributed by atoms with Gasteiger partial charge in [-0.15, -0.1) is 0 Å². The molecule has 0 bridgehead atoms. The van der Waals surface area contributed by atoms with E-state index in [1.165, 1.54) is 25.7 Å². The number of hydrogen-bond donors (Lipinski definition) is 3. The molecule has 0 unspecified atom stereocenters. The predicted molar refractivity (Wildman–Crippen MR) is 68.9 cm³/mol. The third-order valence-electron chi connectivity index (χ3n) is 4.51. The number of carbonyl (C=O) groups is 1. The second-order valence-corrected chi connectivity index (χ2v) is 5.94. The lowest BCUT2D eigenvalue weighted by molar-refractivity contribution is -0.122. The van der Waals surface area contributed by atoms with E-state index in [-0.39, 0.29) is 24.5 Å². The molecule has 2 rings (SSSR count). The molecule has 104 valence electrons. The highest BCUT2D eigenvalue weighted by Gasteiger charge is 2.33. The van der Waals surface area contributed by atoms with Crippen molar-refractivity contribution in [3.63, 3.8) is 0 Å². The first-order chi connectivity index (χ1) is 8.69. The standard InChI is InChI=1S/C14H25NO3/c16-9-11-7-12(8-13(11)17)15-14(18)6-5-10-3-1-2-4-10/h10-13,16-17H,1-9H2,(H,15,18)/t11-,12+,13+/m0/s1. The van der Waals surface area contributed by atoms with Gasteiger partial charge >= 0.3 is 0 Å². The smallest absolute Gasteiger partial charge is 0.220 e. The first-order valence-electron chi connectivity index (χ1n) is 7.27. The third-order valence-corrected chi connectivity index (χ3v) is 4.51. The summed E-state index contributed by atoms with van der Waals surface area (Å²) in [5.41, 5.74) is 0. The van der Waals surface area contributed by atoms with Gasteiger partial charge in [-0.3, -0.25) is 4.79 Å². The zero-order valence-corrected chi connectivity index (χ0v) is 11.0. The predicted octanol–water partition coefficient (Wildman–Crippen LogP) is 1.20. The number of amides is 1.